The summed E-state index contributed by atoms with van der Waals surface area (Å²) in [5.74, 6) is 1.24. The molecule has 0 spiro atoms. The zero-order valence-electron chi connectivity index (χ0n) is 11.5. The van der Waals surface area contributed by atoms with E-state index in [1.807, 2.05) is 13.8 Å². The third-order valence-electron chi connectivity index (χ3n) is 2.78. The Morgan fingerprint density at radius 2 is 1.79 bits per heavy atom. The van der Waals surface area contributed by atoms with Crippen LogP contribution >= 0.6 is 0 Å². The normalized spacial score (nSPS) is 13.9. The van der Waals surface area contributed by atoms with E-state index in [1.165, 1.54) is 0 Å². The average Bonchev–Trinajstić information content (AvgIpc) is 2.40. The van der Waals surface area contributed by atoms with Gasteiger partial charge in [-0.2, -0.15) is 0 Å². The molecule has 1 rings (SSSR count). The minimum absolute atomic E-state index is 0.0480. The van der Waals surface area contributed by atoms with Crippen LogP contribution in [0.4, 0.5) is 0 Å². The second-order valence-electron chi connectivity index (χ2n) is 4.19. The summed E-state index contributed by atoms with van der Waals surface area (Å²) in [6.45, 7) is 4.80. The van der Waals surface area contributed by atoms with Crippen LogP contribution in [-0.4, -0.2) is 36.1 Å². The van der Waals surface area contributed by atoms with Gasteiger partial charge in [-0.1, -0.05) is 6.07 Å². The Bertz CT molecular complexity index is 384. The van der Waals surface area contributed by atoms with Gasteiger partial charge in [0.2, 0.25) is 0 Å². The van der Waals surface area contributed by atoms with Crippen LogP contribution in [0, 0.1) is 0 Å². The van der Waals surface area contributed by atoms with Gasteiger partial charge in [-0.15, -0.1) is 0 Å². The van der Waals surface area contributed by atoms with Crippen LogP contribution in [0.3, 0.4) is 0 Å². The third kappa shape index (κ3) is 4.38. The first kappa shape index (κ1) is 15.8. The SMILES string of the molecule is CCOc1ccc(C(O)C(N)CCO)cc1OCC. The molecule has 19 heavy (non-hydrogen) atoms. The molecular formula is C14H23NO4. The number of hydrogen-bond acceptors (Lipinski definition) is 5. The summed E-state index contributed by atoms with van der Waals surface area (Å²) in [6, 6.07) is 4.75. The Morgan fingerprint density at radius 3 is 2.37 bits per heavy atom. The minimum Gasteiger partial charge on any atom is -0.490 e. The molecule has 0 amide bonds. The highest BCUT2D eigenvalue weighted by molar-refractivity contribution is 5.43. The van der Waals surface area contributed by atoms with Gasteiger partial charge in [0, 0.05) is 12.6 Å². The second kappa shape index (κ2) is 7.99. The summed E-state index contributed by atoms with van der Waals surface area (Å²) in [4.78, 5) is 0. The van der Waals surface area contributed by atoms with Gasteiger partial charge in [-0.3, -0.25) is 0 Å². The zero-order valence-corrected chi connectivity index (χ0v) is 11.5. The highest BCUT2D eigenvalue weighted by atomic mass is 16.5. The second-order valence-corrected chi connectivity index (χ2v) is 4.19. The molecule has 4 N–H and O–H groups in total. The highest BCUT2D eigenvalue weighted by Gasteiger charge is 2.18. The number of aliphatic hydroxyl groups excluding tert-OH is 2. The minimum atomic E-state index is -0.831. The van der Waals surface area contributed by atoms with Gasteiger partial charge in [0.25, 0.3) is 0 Å². The summed E-state index contributed by atoms with van der Waals surface area (Å²) in [6.07, 6.45) is -0.486. The summed E-state index contributed by atoms with van der Waals surface area (Å²) in [5.41, 5.74) is 6.46. The summed E-state index contributed by atoms with van der Waals surface area (Å²) >= 11 is 0. The monoisotopic (exact) mass is 269 g/mol. The number of benzene rings is 1. The number of ether oxygens (including phenoxy) is 2. The van der Waals surface area contributed by atoms with Crippen molar-refractivity contribution < 1.29 is 19.7 Å². The fourth-order valence-corrected chi connectivity index (χ4v) is 1.81. The average molecular weight is 269 g/mol. The number of nitrogens with two attached hydrogens (primary N) is 1. The fraction of sp³-hybridized carbons (Fsp3) is 0.571. The molecule has 0 radical (unpaired) electrons. The van der Waals surface area contributed by atoms with Gasteiger partial charge in [0.05, 0.1) is 19.3 Å². The van der Waals surface area contributed by atoms with Crippen LogP contribution < -0.4 is 15.2 Å². The number of rotatable bonds is 8. The van der Waals surface area contributed by atoms with E-state index in [2.05, 4.69) is 0 Å². The van der Waals surface area contributed by atoms with Crippen molar-refractivity contribution in [3.05, 3.63) is 23.8 Å². The lowest BCUT2D eigenvalue weighted by Gasteiger charge is -2.20. The third-order valence-corrected chi connectivity index (χ3v) is 2.78. The van der Waals surface area contributed by atoms with Crippen molar-refractivity contribution >= 4 is 0 Å². The Kier molecular flexibility index (Phi) is 6.62. The lowest BCUT2D eigenvalue weighted by Crippen LogP contribution is -2.29. The molecule has 0 aliphatic heterocycles. The molecule has 1 aromatic carbocycles. The van der Waals surface area contributed by atoms with Crippen molar-refractivity contribution in [2.75, 3.05) is 19.8 Å². The molecule has 0 saturated carbocycles. The first-order valence-electron chi connectivity index (χ1n) is 6.58. The maximum atomic E-state index is 10.1. The van der Waals surface area contributed by atoms with Gasteiger partial charge >= 0.3 is 0 Å². The van der Waals surface area contributed by atoms with Crippen LogP contribution in [0.15, 0.2) is 18.2 Å². The topological polar surface area (TPSA) is 84.9 Å². The maximum Gasteiger partial charge on any atom is 0.161 e. The van der Waals surface area contributed by atoms with Crippen molar-refractivity contribution in [3.8, 4) is 11.5 Å². The standard InChI is InChI=1S/C14H23NO4/c1-3-18-12-6-5-10(9-13(12)19-4-2)14(17)11(15)7-8-16/h5-6,9,11,14,16-17H,3-4,7-8,15H2,1-2H3. The van der Waals surface area contributed by atoms with Crippen LogP contribution in [0.2, 0.25) is 0 Å². The zero-order chi connectivity index (χ0) is 14.3. The van der Waals surface area contributed by atoms with Gasteiger partial charge in [-0.05, 0) is 38.0 Å². The molecule has 2 unspecified atom stereocenters. The Hall–Kier alpha value is -1.30. The molecule has 5 nitrogen and oxygen atoms in total. The highest BCUT2D eigenvalue weighted by Crippen LogP contribution is 2.31. The fourth-order valence-electron chi connectivity index (χ4n) is 1.81. The molecule has 0 heterocycles. The molecule has 0 aliphatic rings. The van der Waals surface area contributed by atoms with E-state index in [1.54, 1.807) is 18.2 Å². The molecule has 0 saturated heterocycles. The maximum absolute atomic E-state index is 10.1. The Morgan fingerprint density at radius 1 is 1.16 bits per heavy atom. The van der Waals surface area contributed by atoms with E-state index in [0.29, 0.717) is 36.7 Å². The van der Waals surface area contributed by atoms with Crippen molar-refractivity contribution in [1.29, 1.82) is 0 Å². The number of aliphatic hydroxyl groups is 2. The molecule has 0 bridgehead atoms. The van der Waals surface area contributed by atoms with Crippen LogP contribution in [0.5, 0.6) is 11.5 Å². The quantitative estimate of drug-likeness (QED) is 0.661. The predicted octanol–water partition coefficient (Wildman–Crippen LogP) is 1.23. The molecule has 108 valence electrons. The van der Waals surface area contributed by atoms with E-state index in [9.17, 15) is 5.11 Å². The van der Waals surface area contributed by atoms with Crippen molar-refractivity contribution in [2.24, 2.45) is 5.73 Å². The predicted molar refractivity (Wildman–Crippen MR) is 73.4 cm³/mol. The van der Waals surface area contributed by atoms with Crippen molar-refractivity contribution in [3.63, 3.8) is 0 Å². The van der Waals surface area contributed by atoms with Crippen LogP contribution in [-0.2, 0) is 0 Å². The molecule has 0 fully saturated rings. The summed E-state index contributed by atoms with van der Waals surface area (Å²) in [7, 11) is 0. The molecule has 0 aliphatic carbocycles. The lowest BCUT2D eigenvalue weighted by atomic mass is 10.0. The van der Waals surface area contributed by atoms with Gasteiger partial charge in [0.15, 0.2) is 11.5 Å². The molecular weight excluding hydrogens is 246 g/mol. The van der Waals surface area contributed by atoms with E-state index in [4.69, 9.17) is 20.3 Å². The molecule has 0 aromatic heterocycles. The summed E-state index contributed by atoms with van der Waals surface area (Å²) < 4.78 is 10.9. The van der Waals surface area contributed by atoms with Crippen molar-refractivity contribution in [2.45, 2.75) is 32.4 Å². The van der Waals surface area contributed by atoms with E-state index in [-0.39, 0.29) is 6.61 Å². The molecule has 5 heteroatoms. The number of hydrogen-bond donors (Lipinski definition) is 3. The smallest absolute Gasteiger partial charge is 0.161 e. The first-order chi connectivity index (χ1) is 9.13. The van der Waals surface area contributed by atoms with Crippen LogP contribution in [0.1, 0.15) is 31.9 Å². The Labute approximate surface area is 114 Å². The van der Waals surface area contributed by atoms with Crippen molar-refractivity contribution in [1.82, 2.24) is 0 Å². The largest absolute Gasteiger partial charge is 0.490 e. The van der Waals surface area contributed by atoms with Gasteiger partial charge in [-0.25, -0.2) is 0 Å². The van der Waals surface area contributed by atoms with Gasteiger partial charge < -0.3 is 25.4 Å². The molecule has 2 atom stereocenters. The van der Waals surface area contributed by atoms with Crippen LogP contribution in [0.25, 0.3) is 0 Å². The van der Waals surface area contributed by atoms with Gasteiger partial charge in [0.1, 0.15) is 0 Å². The van der Waals surface area contributed by atoms with E-state index < -0.39 is 12.1 Å². The van der Waals surface area contributed by atoms with E-state index in [0.717, 1.165) is 0 Å². The van der Waals surface area contributed by atoms with E-state index >= 15 is 0 Å². The molecule has 1 aromatic rings. The lowest BCUT2D eigenvalue weighted by molar-refractivity contribution is 0.128. The summed E-state index contributed by atoms with van der Waals surface area (Å²) in [5, 5.41) is 19.0. The Balaban J connectivity index is 2.93. The first-order valence-corrected chi connectivity index (χ1v) is 6.58.